The summed E-state index contributed by atoms with van der Waals surface area (Å²) in [5.41, 5.74) is 0.806. The van der Waals surface area contributed by atoms with Crippen LogP contribution < -0.4 is 10.9 Å². The van der Waals surface area contributed by atoms with Crippen molar-refractivity contribution >= 4 is 23.2 Å². The number of nitrogens with one attached hydrogen (secondary N) is 2. The number of hydrogen-bond acceptors (Lipinski definition) is 4. The number of aromatic amines is 1. The molecule has 0 unspecified atom stereocenters. The number of hydrogen-bond donors (Lipinski definition) is 2. The van der Waals surface area contributed by atoms with E-state index in [1.807, 2.05) is 0 Å². The molecule has 0 fully saturated rings. The average Bonchev–Trinajstić information content (AvgIpc) is 2.37. The molecule has 0 amide bonds. The molecule has 2 aromatic rings. The van der Waals surface area contributed by atoms with E-state index in [1.165, 1.54) is 12.3 Å². The zero-order valence-corrected chi connectivity index (χ0v) is 13.3. The summed E-state index contributed by atoms with van der Waals surface area (Å²) in [7, 11) is 0. The summed E-state index contributed by atoms with van der Waals surface area (Å²) < 4.78 is 0. The molecule has 2 heterocycles. The van der Waals surface area contributed by atoms with Crippen molar-refractivity contribution in [3.8, 4) is 11.5 Å². The van der Waals surface area contributed by atoms with Crippen LogP contribution in [0.25, 0.3) is 11.5 Å². The Morgan fingerprint density at radius 2 is 2.10 bits per heavy atom. The third kappa shape index (κ3) is 4.52. The van der Waals surface area contributed by atoms with Crippen LogP contribution >= 0.6 is 23.2 Å². The van der Waals surface area contributed by atoms with Crippen molar-refractivity contribution < 1.29 is 0 Å². The Morgan fingerprint density at radius 1 is 1.33 bits per heavy atom. The lowest BCUT2D eigenvalue weighted by Gasteiger charge is -2.08. The fourth-order valence-electron chi connectivity index (χ4n) is 1.79. The van der Waals surface area contributed by atoms with E-state index >= 15 is 0 Å². The van der Waals surface area contributed by atoms with Crippen LogP contribution in [0.1, 0.15) is 19.5 Å². The minimum atomic E-state index is -0.242. The van der Waals surface area contributed by atoms with Crippen LogP contribution in [0, 0.1) is 5.92 Å². The van der Waals surface area contributed by atoms with E-state index < -0.39 is 0 Å². The number of pyridine rings is 1. The zero-order chi connectivity index (χ0) is 15.4. The molecule has 7 heteroatoms. The average molecular weight is 327 g/mol. The van der Waals surface area contributed by atoms with Gasteiger partial charge < -0.3 is 10.3 Å². The second-order valence-electron chi connectivity index (χ2n) is 5.09. The molecule has 0 saturated carbocycles. The summed E-state index contributed by atoms with van der Waals surface area (Å²) in [5, 5.41) is 4.02. The van der Waals surface area contributed by atoms with Gasteiger partial charge >= 0.3 is 0 Å². The summed E-state index contributed by atoms with van der Waals surface area (Å²) >= 11 is 11.9. The Bertz CT molecular complexity index is 685. The predicted octanol–water partition coefficient (Wildman–Crippen LogP) is 2.88. The van der Waals surface area contributed by atoms with Gasteiger partial charge in [0.05, 0.1) is 15.7 Å². The molecule has 0 spiro atoms. The number of nitrogens with zero attached hydrogens (tertiary/aromatic N) is 2. The van der Waals surface area contributed by atoms with E-state index in [-0.39, 0.29) is 5.56 Å². The highest BCUT2D eigenvalue weighted by atomic mass is 35.5. The van der Waals surface area contributed by atoms with Crippen molar-refractivity contribution in [3.05, 3.63) is 44.4 Å². The Hall–Kier alpha value is -1.43. The van der Waals surface area contributed by atoms with E-state index in [0.717, 1.165) is 6.54 Å². The summed E-state index contributed by atoms with van der Waals surface area (Å²) in [6.45, 7) is 5.59. The molecule has 0 aliphatic heterocycles. The number of halogens is 2. The van der Waals surface area contributed by atoms with Gasteiger partial charge in [-0.3, -0.25) is 4.79 Å². The van der Waals surface area contributed by atoms with Crippen LogP contribution in [0.4, 0.5) is 0 Å². The van der Waals surface area contributed by atoms with Gasteiger partial charge in [0.1, 0.15) is 5.69 Å². The summed E-state index contributed by atoms with van der Waals surface area (Å²) in [6, 6.07) is 3.02. The fraction of sp³-hybridized carbons (Fsp3) is 0.357. The molecule has 5 nitrogen and oxygen atoms in total. The molecule has 0 aliphatic rings. The molecule has 21 heavy (non-hydrogen) atoms. The summed E-state index contributed by atoms with van der Waals surface area (Å²) in [5.74, 6) is 0.865. The number of aromatic nitrogens is 3. The molecule has 0 aliphatic carbocycles. The zero-order valence-electron chi connectivity index (χ0n) is 11.8. The lowest BCUT2D eigenvalue weighted by atomic mass is 10.2. The van der Waals surface area contributed by atoms with E-state index in [0.29, 0.717) is 39.7 Å². The van der Waals surface area contributed by atoms with Crippen LogP contribution in [0.5, 0.6) is 0 Å². The normalized spacial score (nSPS) is 11.1. The van der Waals surface area contributed by atoms with Gasteiger partial charge in [0, 0.05) is 18.8 Å². The van der Waals surface area contributed by atoms with Gasteiger partial charge in [-0.05, 0) is 18.5 Å². The summed E-state index contributed by atoms with van der Waals surface area (Å²) in [6.07, 6.45) is 1.46. The van der Waals surface area contributed by atoms with Crippen LogP contribution in [-0.4, -0.2) is 21.5 Å². The second-order valence-corrected chi connectivity index (χ2v) is 5.94. The molecule has 0 atom stereocenters. The molecule has 0 saturated heterocycles. The molecule has 2 N–H and O–H groups in total. The van der Waals surface area contributed by atoms with E-state index in [2.05, 4.69) is 34.1 Å². The first-order valence-electron chi connectivity index (χ1n) is 6.58. The first-order chi connectivity index (χ1) is 9.95. The van der Waals surface area contributed by atoms with Gasteiger partial charge in [0.15, 0.2) is 5.82 Å². The molecule has 112 valence electrons. The Balaban J connectivity index is 2.28. The van der Waals surface area contributed by atoms with Crippen molar-refractivity contribution in [2.75, 3.05) is 6.54 Å². The van der Waals surface area contributed by atoms with E-state index in [1.54, 1.807) is 6.07 Å². The predicted molar refractivity (Wildman–Crippen MR) is 84.7 cm³/mol. The molecular formula is C14H16Cl2N4O. The highest BCUT2D eigenvalue weighted by molar-refractivity contribution is 6.35. The fourth-order valence-corrected chi connectivity index (χ4v) is 2.26. The van der Waals surface area contributed by atoms with Crippen LogP contribution in [-0.2, 0) is 6.54 Å². The lowest BCUT2D eigenvalue weighted by Crippen LogP contribution is -2.21. The van der Waals surface area contributed by atoms with E-state index in [9.17, 15) is 4.79 Å². The molecule has 2 aromatic heterocycles. The Morgan fingerprint density at radius 3 is 2.76 bits per heavy atom. The lowest BCUT2D eigenvalue weighted by molar-refractivity contribution is 0.548. The van der Waals surface area contributed by atoms with Gasteiger partial charge in [-0.25, -0.2) is 9.97 Å². The van der Waals surface area contributed by atoms with Crippen LogP contribution in [0.2, 0.25) is 10.0 Å². The SMILES string of the molecule is CC(C)CNCc1cc(=O)[nH]c(-c2ncc(Cl)cc2Cl)n1. The first kappa shape index (κ1) is 15.9. The molecule has 0 radical (unpaired) electrons. The maximum absolute atomic E-state index is 11.7. The number of H-pyrrole nitrogens is 1. The van der Waals surface area contributed by atoms with Crippen LogP contribution in [0.3, 0.4) is 0 Å². The van der Waals surface area contributed by atoms with Crippen molar-refractivity contribution in [1.29, 1.82) is 0 Å². The molecular weight excluding hydrogens is 311 g/mol. The van der Waals surface area contributed by atoms with Gasteiger partial charge in [-0.15, -0.1) is 0 Å². The Kier molecular flexibility index (Phi) is 5.33. The standard InChI is InChI=1S/C14H16Cl2N4O/c1-8(2)5-17-7-10-4-12(21)20-14(19-10)13-11(16)3-9(15)6-18-13/h3-4,6,8,17H,5,7H2,1-2H3,(H,19,20,21). The van der Waals surface area contributed by atoms with Crippen molar-refractivity contribution in [2.45, 2.75) is 20.4 Å². The molecule has 2 rings (SSSR count). The van der Waals surface area contributed by atoms with Gasteiger partial charge in [-0.2, -0.15) is 0 Å². The second kappa shape index (κ2) is 7.02. The highest BCUT2D eigenvalue weighted by Gasteiger charge is 2.10. The van der Waals surface area contributed by atoms with Gasteiger partial charge in [0.25, 0.3) is 5.56 Å². The third-order valence-electron chi connectivity index (χ3n) is 2.69. The monoisotopic (exact) mass is 326 g/mol. The third-order valence-corrected chi connectivity index (χ3v) is 3.18. The molecule has 0 bridgehead atoms. The maximum Gasteiger partial charge on any atom is 0.251 e. The molecule has 0 aromatic carbocycles. The Labute approximate surface area is 132 Å². The maximum atomic E-state index is 11.7. The highest BCUT2D eigenvalue weighted by Crippen LogP contribution is 2.24. The van der Waals surface area contributed by atoms with Gasteiger partial charge in [-0.1, -0.05) is 37.0 Å². The van der Waals surface area contributed by atoms with Crippen molar-refractivity contribution in [3.63, 3.8) is 0 Å². The van der Waals surface area contributed by atoms with Gasteiger partial charge in [0.2, 0.25) is 0 Å². The topological polar surface area (TPSA) is 70.7 Å². The van der Waals surface area contributed by atoms with Crippen LogP contribution in [0.15, 0.2) is 23.1 Å². The minimum absolute atomic E-state index is 0.242. The largest absolute Gasteiger partial charge is 0.311 e. The summed E-state index contributed by atoms with van der Waals surface area (Å²) in [4.78, 5) is 22.9. The van der Waals surface area contributed by atoms with E-state index in [4.69, 9.17) is 23.2 Å². The smallest absolute Gasteiger partial charge is 0.251 e. The van der Waals surface area contributed by atoms with Crippen molar-refractivity contribution in [2.24, 2.45) is 5.92 Å². The minimum Gasteiger partial charge on any atom is -0.311 e. The quantitative estimate of drug-likeness (QED) is 0.886. The van der Waals surface area contributed by atoms with Crippen molar-refractivity contribution in [1.82, 2.24) is 20.3 Å². The first-order valence-corrected chi connectivity index (χ1v) is 7.33. The number of rotatable bonds is 5.